The number of hydrazone groups is 1. The van der Waals surface area contributed by atoms with Crippen LogP contribution in [0.3, 0.4) is 0 Å². The number of amides is 1. The van der Waals surface area contributed by atoms with E-state index in [9.17, 15) is 4.79 Å². The van der Waals surface area contributed by atoms with E-state index in [1.54, 1.807) is 30.5 Å². The lowest BCUT2D eigenvalue weighted by Crippen LogP contribution is -2.17. The van der Waals surface area contributed by atoms with Gasteiger partial charge in [-0.05, 0) is 73.7 Å². The summed E-state index contributed by atoms with van der Waals surface area (Å²) in [7, 11) is 0. The summed E-state index contributed by atoms with van der Waals surface area (Å²) in [5.74, 6) is -0.290. The van der Waals surface area contributed by atoms with Crippen molar-refractivity contribution in [2.24, 2.45) is 5.10 Å². The third kappa shape index (κ3) is 3.88. The molecular formula is C22H21N7O. The number of nitrogens with zero attached hydrogens (tertiary/aromatic N) is 6. The molecule has 0 aliphatic heterocycles. The first-order chi connectivity index (χ1) is 14.5. The van der Waals surface area contributed by atoms with Crippen LogP contribution in [0, 0.1) is 20.8 Å². The van der Waals surface area contributed by atoms with E-state index in [2.05, 4.69) is 68.7 Å². The Morgan fingerprint density at radius 1 is 1.00 bits per heavy atom. The number of hydrogen-bond donors (Lipinski definition) is 1. The van der Waals surface area contributed by atoms with Crippen molar-refractivity contribution in [3.05, 3.63) is 89.0 Å². The smallest absolute Gasteiger partial charge is 0.271 e. The fraction of sp³-hybridized carbons (Fsp3) is 0.136. The highest BCUT2D eigenvalue weighted by Gasteiger charge is 2.10. The van der Waals surface area contributed by atoms with Gasteiger partial charge in [0.2, 0.25) is 0 Å². The maximum Gasteiger partial charge on any atom is 0.271 e. The molecule has 2 heterocycles. The molecule has 0 unspecified atom stereocenters. The average Bonchev–Trinajstić information content (AvgIpc) is 3.38. The van der Waals surface area contributed by atoms with Crippen molar-refractivity contribution in [3.8, 4) is 11.4 Å². The lowest BCUT2D eigenvalue weighted by Gasteiger charge is -2.09. The van der Waals surface area contributed by atoms with Crippen LogP contribution in [0.2, 0.25) is 0 Å². The van der Waals surface area contributed by atoms with Gasteiger partial charge < -0.3 is 4.57 Å². The van der Waals surface area contributed by atoms with Crippen molar-refractivity contribution in [1.82, 2.24) is 30.2 Å². The molecular weight excluding hydrogens is 378 g/mol. The number of benzene rings is 2. The van der Waals surface area contributed by atoms with E-state index < -0.39 is 0 Å². The second-order valence-electron chi connectivity index (χ2n) is 7.00. The monoisotopic (exact) mass is 399 g/mol. The molecule has 1 N–H and O–H groups in total. The molecule has 2 aromatic carbocycles. The van der Waals surface area contributed by atoms with Gasteiger partial charge in [0.05, 0.1) is 11.9 Å². The Bertz CT molecular complexity index is 1190. The third-order valence-corrected chi connectivity index (χ3v) is 4.88. The highest BCUT2D eigenvalue weighted by Crippen LogP contribution is 2.20. The van der Waals surface area contributed by atoms with Crippen LogP contribution in [-0.2, 0) is 0 Å². The number of carbonyl (C=O) groups excluding carboxylic acids is 1. The van der Waals surface area contributed by atoms with Crippen LogP contribution < -0.4 is 5.43 Å². The standard InChI is InChI=1S/C22H21N7O/c1-15-4-8-21(9-5-15)29-16(2)12-19(17(29)3)13-23-25-22(30)18-6-10-20(11-7-18)28-14-24-26-27-28/h4-14H,1-3H3,(H,25,30)/b23-13+. The maximum absolute atomic E-state index is 12.4. The molecule has 0 saturated carbocycles. The lowest BCUT2D eigenvalue weighted by molar-refractivity contribution is 0.0955. The fourth-order valence-electron chi connectivity index (χ4n) is 3.28. The van der Waals surface area contributed by atoms with Gasteiger partial charge in [0.25, 0.3) is 5.91 Å². The Morgan fingerprint density at radius 2 is 1.70 bits per heavy atom. The van der Waals surface area contributed by atoms with Crippen molar-refractivity contribution in [2.75, 3.05) is 0 Å². The van der Waals surface area contributed by atoms with Gasteiger partial charge in [0.15, 0.2) is 0 Å². The lowest BCUT2D eigenvalue weighted by atomic mass is 10.2. The molecule has 0 aliphatic carbocycles. The molecule has 0 saturated heterocycles. The molecule has 4 aromatic rings. The second kappa shape index (κ2) is 8.12. The van der Waals surface area contributed by atoms with Crippen molar-refractivity contribution in [1.29, 1.82) is 0 Å². The summed E-state index contributed by atoms with van der Waals surface area (Å²) in [5.41, 5.74) is 9.26. The summed E-state index contributed by atoms with van der Waals surface area (Å²) in [6.45, 7) is 6.15. The fourth-order valence-corrected chi connectivity index (χ4v) is 3.28. The van der Waals surface area contributed by atoms with Gasteiger partial charge in [-0.3, -0.25) is 4.79 Å². The van der Waals surface area contributed by atoms with Crippen LogP contribution in [0.5, 0.6) is 0 Å². The zero-order valence-electron chi connectivity index (χ0n) is 16.9. The van der Waals surface area contributed by atoms with E-state index in [1.807, 2.05) is 13.0 Å². The Labute approximate surface area is 173 Å². The number of nitrogens with one attached hydrogen (secondary N) is 1. The van der Waals surface area contributed by atoms with Gasteiger partial charge in [0, 0.05) is 28.2 Å². The highest BCUT2D eigenvalue weighted by atomic mass is 16.2. The molecule has 0 radical (unpaired) electrons. The Kier molecular flexibility index (Phi) is 5.21. The van der Waals surface area contributed by atoms with Crippen LogP contribution in [0.1, 0.15) is 32.9 Å². The van der Waals surface area contributed by atoms with Gasteiger partial charge >= 0.3 is 0 Å². The number of tetrazole rings is 1. The van der Waals surface area contributed by atoms with Gasteiger partial charge in [-0.25, -0.2) is 10.1 Å². The third-order valence-electron chi connectivity index (χ3n) is 4.88. The molecule has 2 aromatic heterocycles. The van der Waals surface area contributed by atoms with Crippen LogP contribution in [0.15, 0.2) is 66.0 Å². The van der Waals surface area contributed by atoms with E-state index >= 15 is 0 Å². The molecule has 1 amide bonds. The number of aryl methyl sites for hydroxylation is 2. The quantitative estimate of drug-likeness (QED) is 0.412. The first-order valence-electron chi connectivity index (χ1n) is 9.46. The molecule has 150 valence electrons. The van der Waals surface area contributed by atoms with Crippen LogP contribution in [0.25, 0.3) is 11.4 Å². The summed E-state index contributed by atoms with van der Waals surface area (Å²) in [4.78, 5) is 12.4. The van der Waals surface area contributed by atoms with E-state index in [0.717, 1.165) is 28.3 Å². The van der Waals surface area contributed by atoms with Gasteiger partial charge in [0.1, 0.15) is 6.33 Å². The zero-order chi connectivity index (χ0) is 21.1. The second-order valence-corrected chi connectivity index (χ2v) is 7.00. The molecule has 0 spiro atoms. The molecule has 8 nitrogen and oxygen atoms in total. The maximum atomic E-state index is 12.4. The Morgan fingerprint density at radius 3 is 2.37 bits per heavy atom. The SMILES string of the molecule is Cc1ccc(-n2c(C)cc(/C=N/NC(=O)c3ccc(-n4cnnn4)cc3)c2C)cc1. The van der Waals surface area contributed by atoms with Gasteiger partial charge in [-0.2, -0.15) is 5.10 Å². The number of aromatic nitrogens is 5. The summed E-state index contributed by atoms with van der Waals surface area (Å²) in [5, 5.41) is 15.1. The Hall–Kier alpha value is -4.07. The van der Waals surface area contributed by atoms with Crippen molar-refractivity contribution in [2.45, 2.75) is 20.8 Å². The van der Waals surface area contributed by atoms with Crippen molar-refractivity contribution < 1.29 is 4.79 Å². The van der Waals surface area contributed by atoms with E-state index in [1.165, 1.54) is 16.6 Å². The molecule has 4 rings (SSSR count). The Balaban J connectivity index is 1.46. The number of hydrogen-bond acceptors (Lipinski definition) is 5. The van der Waals surface area contributed by atoms with Crippen LogP contribution in [-0.4, -0.2) is 36.9 Å². The number of carbonyl (C=O) groups is 1. The summed E-state index contributed by atoms with van der Waals surface area (Å²) >= 11 is 0. The van der Waals surface area contributed by atoms with Crippen molar-refractivity contribution >= 4 is 12.1 Å². The first-order valence-corrected chi connectivity index (χ1v) is 9.46. The predicted molar refractivity (Wildman–Crippen MR) is 114 cm³/mol. The topological polar surface area (TPSA) is 90.0 Å². The van der Waals surface area contributed by atoms with Crippen molar-refractivity contribution in [3.63, 3.8) is 0 Å². The van der Waals surface area contributed by atoms with Crippen LogP contribution in [0.4, 0.5) is 0 Å². The summed E-state index contributed by atoms with van der Waals surface area (Å²) in [6, 6.07) is 17.4. The minimum Gasteiger partial charge on any atom is -0.318 e. The predicted octanol–water partition coefficient (Wildman–Crippen LogP) is 3.14. The largest absolute Gasteiger partial charge is 0.318 e. The molecule has 30 heavy (non-hydrogen) atoms. The van der Waals surface area contributed by atoms with Gasteiger partial charge in [-0.15, -0.1) is 5.10 Å². The van der Waals surface area contributed by atoms with E-state index in [4.69, 9.17) is 0 Å². The summed E-state index contributed by atoms with van der Waals surface area (Å²) < 4.78 is 3.68. The molecule has 0 aliphatic rings. The van der Waals surface area contributed by atoms with E-state index in [-0.39, 0.29) is 5.91 Å². The normalized spacial score (nSPS) is 11.2. The number of rotatable bonds is 5. The zero-order valence-corrected chi connectivity index (χ0v) is 16.9. The van der Waals surface area contributed by atoms with Gasteiger partial charge in [-0.1, -0.05) is 17.7 Å². The molecule has 0 bridgehead atoms. The molecule has 0 atom stereocenters. The van der Waals surface area contributed by atoms with Crippen LogP contribution >= 0.6 is 0 Å². The minimum absolute atomic E-state index is 0.290. The van der Waals surface area contributed by atoms with E-state index in [0.29, 0.717) is 5.56 Å². The minimum atomic E-state index is -0.290. The molecule has 8 heteroatoms. The average molecular weight is 399 g/mol. The highest BCUT2D eigenvalue weighted by molar-refractivity contribution is 5.95. The first kappa shape index (κ1) is 19.3. The molecule has 0 fully saturated rings. The summed E-state index contributed by atoms with van der Waals surface area (Å²) in [6.07, 6.45) is 3.16.